The van der Waals surface area contributed by atoms with Crippen LogP contribution in [0.1, 0.15) is 38.3 Å². The zero-order valence-electron chi connectivity index (χ0n) is 17.3. The Bertz CT molecular complexity index is 1160. The number of hydrogen-bond acceptors (Lipinski definition) is 6. The smallest absolute Gasteiger partial charge is 0.269 e. The second kappa shape index (κ2) is 8.05. The minimum Gasteiger partial charge on any atom is -0.369 e. The summed E-state index contributed by atoms with van der Waals surface area (Å²) in [4.78, 5) is 26.9. The van der Waals surface area contributed by atoms with E-state index in [1.165, 1.54) is 12.4 Å². The van der Waals surface area contributed by atoms with Crippen LogP contribution in [0.15, 0.2) is 35.5 Å². The molecule has 0 spiro atoms. The van der Waals surface area contributed by atoms with Gasteiger partial charge in [0.15, 0.2) is 5.65 Å². The van der Waals surface area contributed by atoms with Gasteiger partial charge < -0.3 is 10.2 Å². The van der Waals surface area contributed by atoms with Crippen LogP contribution >= 0.6 is 0 Å². The van der Waals surface area contributed by atoms with Gasteiger partial charge in [-0.1, -0.05) is 13.8 Å². The molecular weight excluding hydrogens is 408 g/mol. The van der Waals surface area contributed by atoms with Crippen LogP contribution in [-0.4, -0.2) is 49.3 Å². The summed E-state index contributed by atoms with van der Waals surface area (Å²) in [5.41, 5.74) is 1.87. The summed E-state index contributed by atoms with van der Waals surface area (Å²) in [6.45, 7) is 3.87. The lowest BCUT2D eigenvalue weighted by Crippen LogP contribution is -2.41. The molecule has 1 saturated heterocycles. The number of aromatic nitrogens is 5. The lowest BCUT2D eigenvalue weighted by Gasteiger charge is -2.34. The van der Waals surface area contributed by atoms with Crippen molar-refractivity contribution in [3.05, 3.63) is 46.8 Å². The number of nitrogens with one attached hydrogen (secondary N) is 1. The summed E-state index contributed by atoms with van der Waals surface area (Å²) in [6, 6.07) is 4.79. The molecule has 3 aromatic heterocycles. The van der Waals surface area contributed by atoms with Crippen molar-refractivity contribution in [2.24, 2.45) is 0 Å². The Morgan fingerprint density at radius 3 is 2.71 bits per heavy atom. The fourth-order valence-electron chi connectivity index (χ4n) is 3.59. The molecule has 0 aliphatic carbocycles. The minimum absolute atomic E-state index is 0.0523. The molecule has 31 heavy (non-hydrogen) atoms. The van der Waals surface area contributed by atoms with Crippen molar-refractivity contribution in [3.63, 3.8) is 0 Å². The summed E-state index contributed by atoms with van der Waals surface area (Å²) in [6.07, 6.45) is 2.67. The normalized spacial score (nSPS) is 16.1. The highest BCUT2D eigenvalue weighted by Crippen LogP contribution is 2.32. The quantitative estimate of drug-likeness (QED) is 0.666. The van der Waals surface area contributed by atoms with Crippen LogP contribution in [0.25, 0.3) is 5.65 Å². The maximum absolute atomic E-state index is 13.5. The molecule has 1 N–H and O–H groups in total. The summed E-state index contributed by atoms with van der Waals surface area (Å²) >= 11 is 0. The first-order valence-electron chi connectivity index (χ1n) is 10.1. The summed E-state index contributed by atoms with van der Waals surface area (Å²) in [5.74, 6) is -3.14. The molecule has 1 fully saturated rings. The molecule has 9 nitrogen and oxygen atoms in total. The molecule has 3 aromatic rings. The van der Waals surface area contributed by atoms with Gasteiger partial charge in [-0.2, -0.15) is 5.10 Å². The van der Waals surface area contributed by atoms with Crippen LogP contribution in [0.5, 0.6) is 0 Å². The third kappa shape index (κ3) is 4.54. The Morgan fingerprint density at radius 1 is 1.26 bits per heavy atom. The van der Waals surface area contributed by atoms with E-state index in [-0.39, 0.29) is 38.4 Å². The number of piperidine rings is 1. The van der Waals surface area contributed by atoms with Gasteiger partial charge in [-0.05, 0) is 18.1 Å². The summed E-state index contributed by atoms with van der Waals surface area (Å²) in [5, 5.41) is 14.8. The summed E-state index contributed by atoms with van der Waals surface area (Å²) < 4.78 is 29.8. The average molecular weight is 431 g/mol. The van der Waals surface area contributed by atoms with Gasteiger partial charge in [0.1, 0.15) is 12.9 Å². The summed E-state index contributed by atoms with van der Waals surface area (Å²) in [7, 11) is 0. The van der Waals surface area contributed by atoms with E-state index >= 15 is 0 Å². The van der Waals surface area contributed by atoms with Crippen LogP contribution in [-0.2, 0) is 11.3 Å². The molecule has 0 aromatic carbocycles. The van der Waals surface area contributed by atoms with Crippen molar-refractivity contribution < 1.29 is 13.6 Å². The molecule has 0 saturated carbocycles. The number of fused-ring (bicyclic) bond motifs is 1. The van der Waals surface area contributed by atoms with E-state index in [1.54, 1.807) is 27.6 Å². The molecule has 4 rings (SSSR count). The van der Waals surface area contributed by atoms with Crippen molar-refractivity contribution in [2.75, 3.05) is 23.3 Å². The lowest BCUT2D eigenvalue weighted by molar-refractivity contribution is -0.117. The maximum atomic E-state index is 13.5. The van der Waals surface area contributed by atoms with Crippen molar-refractivity contribution in [3.8, 4) is 0 Å². The molecular formula is C20H23F2N7O2. The van der Waals surface area contributed by atoms with Crippen molar-refractivity contribution >= 4 is 22.9 Å². The Balaban J connectivity index is 1.53. The Kier molecular flexibility index (Phi) is 5.42. The van der Waals surface area contributed by atoms with Crippen LogP contribution in [0.2, 0.25) is 0 Å². The van der Waals surface area contributed by atoms with E-state index < -0.39 is 17.4 Å². The highest BCUT2D eigenvalue weighted by Gasteiger charge is 2.35. The molecule has 1 aliphatic rings. The largest absolute Gasteiger partial charge is 0.369 e. The van der Waals surface area contributed by atoms with Gasteiger partial charge in [-0.3, -0.25) is 14.0 Å². The molecule has 11 heteroatoms. The molecule has 4 heterocycles. The number of halogens is 2. The number of anilines is 2. The first kappa shape index (κ1) is 20.9. The molecule has 0 unspecified atom stereocenters. The number of carbonyl (C=O) groups is 1. The lowest BCUT2D eigenvalue weighted by atomic mass is 10.0. The number of nitrogens with zero attached hydrogens (tertiary/aromatic N) is 6. The average Bonchev–Trinajstić information content (AvgIpc) is 3.17. The van der Waals surface area contributed by atoms with E-state index in [2.05, 4.69) is 20.6 Å². The monoisotopic (exact) mass is 431 g/mol. The topological polar surface area (TPSA) is 97.4 Å². The Hall–Kier alpha value is -3.37. The van der Waals surface area contributed by atoms with Gasteiger partial charge in [0.05, 0.1) is 17.1 Å². The second-order valence-corrected chi connectivity index (χ2v) is 7.97. The maximum Gasteiger partial charge on any atom is 0.269 e. The van der Waals surface area contributed by atoms with Crippen LogP contribution in [0.4, 0.5) is 20.2 Å². The Labute approximate surface area is 176 Å². The number of pyridine rings is 1. The molecule has 1 aliphatic heterocycles. The fourth-order valence-corrected chi connectivity index (χ4v) is 3.59. The zero-order valence-corrected chi connectivity index (χ0v) is 17.3. The van der Waals surface area contributed by atoms with Gasteiger partial charge >= 0.3 is 0 Å². The Morgan fingerprint density at radius 2 is 2.00 bits per heavy atom. The molecule has 164 valence electrons. The van der Waals surface area contributed by atoms with Crippen LogP contribution < -0.4 is 15.8 Å². The van der Waals surface area contributed by atoms with E-state index in [0.29, 0.717) is 22.7 Å². The number of carbonyl (C=O) groups excluding carboxylic acids is 1. The molecule has 1 amide bonds. The van der Waals surface area contributed by atoms with Gasteiger partial charge in [0.2, 0.25) is 5.91 Å². The van der Waals surface area contributed by atoms with Crippen LogP contribution in [0.3, 0.4) is 0 Å². The molecule has 0 atom stereocenters. The van der Waals surface area contributed by atoms with E-state index in [1.807, 2.05) is 13.8 Å². The number of hydrogen-bond donors (Lipinski definition) is 1. The first-order valence-corrected chi connectivity index (χ1v) is 10.1. The van der Waals surface area contributed by atoms with E-state index in [9.17, 15) is 18.4 Å². The highest BCUT2D eigenvalue weighted by molar-refractivity contribution is 5.90. The number of alkyl halides is 2. The van der Waals surface area contributed by atoms with Gasteiger partial charge in [-0.15, -0.1) is 10.2 Å². The van der Waals surface area contributed by atoms with Crippen molar-refractivity contribution in [1.82, 2.24) is 24.4 Å². The van der Waals surface area contributed by atoms with Crippen molar-refractivity contribution in [2.45, 2.75) is 45.1 Å². The number of amides is 1. The number of rotatable bonds is 5. The SMILES string of the molecule is CC(C)c1nn(CC(=O)Nc2ccc3nncn3c2)c(=O)cc1N1CCC(F)(F)CC1. The minimum atomic E-state index is -2.68. The van der Waals surface area contributed by atoms with E-state index in [4.69, 9.17) is 0 Å². The predicted molar refractivity (Wildman–Crippen MR) is 111 cm³/mol. The van der Waals surface area contributed by atoms with E-state index in [0.717, 1.165) is 4.68 Å². The zero-order chi connectivity index (χ0) is 22.2. The third-order valence-corrected chi connectivity index (χ3v) is 5.26. The van der Waals surface area contributed by atoms with Gasteiger partial charge in [0, 0.05) is 38.2 Å². The van der Waals surface area contributed by atoms with Crippen LogP contribution in [0, 0.1) is 0 Å². The molecule has 0 bridgehead atoms. The first-order chi connectivity index (χ1) is 14.7. The van der Waals surface area contributed by atoms with Gasteiger partial charge in [0.25, 0.3) is 11.5 Å². The standard InChI is InChI=1S/C20H23F2N7O2/c1-13(2)19-15(27-7-5-20(21,22)6-8-27)9-18(31)29(26-19)11-17(30)24-14-3-4-16-25-23-12-28(16)10-14/h3-4,9-10,12-13H,5-8,11H2,1-2H3,(H,24,30). The van der Waals surface area contributed by atoms with Crippen molar-refractivity contribution in [1.29, 1.82) is 0 Å². The third-order valence-electron chi connectivity index (χ3n) is 5.26. The highest BCUT2D eigenvalue weighted by atomic mass is 19.3. The second-order valence-electron chi connectivity index (χ2n) is 7.97. The van der Waals surface area contributed by atoms with Gasteiger partial charge in [-0.25, -0.2) is 13.5 Å². The molecule has 0 radical (unpaired) electrons. The fraction of sp³-hybridized carbons (Fsp3) is 0.450. The predicted octanol–water partition coefficient (Wildman–Crippen LogP) is 2.28.